The van der Waals surface area contributed by atoms with Crippen LogP contribution in [-0.4, -0.2) is 18.9 Å². The molecule has 0 atom stereocenters. The van der Waals surface area contributed by atoms with E-state index in [0.717, 1.165) is 25.8 Å². The molecule has 2 nitrogen and oxygen atoms in total. The zero-order chi connectivity index (χ0) is 14.5. The van der Waals surface area contributed by atoms with Gasteiger partial charge in [-0.15, -0.1) is 0 Å². The lowest BCUT2D eigenvalue weighted by molar-refractivity contribution is -0.130. The lowest BCUT2D eigenvalue weighted by Crippen LogP contribution is -2.48. The van der Waals surface area contributed by atoms with Gasteiger partial charge in [-0.25, -0.2) is 0 Å². The monoisotopic (exact) mass is 279 g/mol. The highest BCUT2D eigenvalue weighted by Crippen LogP contribution is 2.34. The summed E-state index contributed by atoms with van der Waals surface area (Å²) in [4.78, 5) is 12.7. The Morgan fingerprint density at radius 1 is 0.857 bits per heavy atom. The van der Waals surface area contributed by atoms with Crippen molar-refractivity contribution in [3.63, 3.8) is 0 Å². The first-order chi connectivity index (χ1) is 10.3. The molecule has 21 heavy (non-hydrogen) atoms. The van der Waals surface area contributed by atoms with Gasteiger partial charge in [-0.2, -0.15) is 0 Å². The molecule has 0 aromatic heterocycles. The Labute approximate surface area is 126 Å². The zero-order valence-electron chi connectivity index (χ0n) is 12.2. The summed E-state index contributed by atoms with van der Waals surface area (Å²) in [6.07, 6.45) is 2.59. The minimum absolute atomic E-state index is 0.256. The van der Waals surface area contributed by atoms with E-state index < -0.39 is 0 Å². The van der Waals surface area contributed by atoms with Crippen molar-refractivity contribution in [2.75, 3.05) is 13.1 Å². The van der Waals surface area contributed by atoms with Crippen molar-refractivity contribution in [2.24, 2.45) is 5.41 Å². The van der Waals surface area contributed by atoms with E-state index in [1.165, 1.54) is 11.1 Å². The van der Waals surface area contributed by atoms with Gasteiger partial charge >= 0.3 is 0 Å². The molecule has 0 aliphatic carbocycles. The lowest BCUT2D eigenvalue weighted by atomic mass is 9.69. The fourth-order valence-corrected chi connectivity index (χ4v) is 3.27. The van der Waals surface area contributed by atoms with Crippen LogP contribution >= 0.6 is 0 Å². The third kappa shape index (κ3) is 3.22. The van der Waals surface area contributed by atoms with Crippen LogP contribution in [0.25, 0.3) is 0 Å². The van der Waals surface area contributed by atoms with Gasteiger partial charge in [0.1, 0.15) is 0 Å². The predicted molar refractivity (Wildman–Crippen MR) is 85.2 cm³/mol. The number of piperidine rings is 1. The Balaban J connectivity index is 1.89. The SMILES string of the molecule is O=C1CNCCC1(Cc1ccccc1)Cc1ccccc1. The van der Waals surface area contributed by atoms with Crippen LogP contribution in [-0.2, 0) is 17.6 Å². The Morgan fingerprint density at radius 3 is 1.86 bits per heavy atom. The van der Waals surface area contributed by atoms with Crippen molar-refractivity contribution in [3.05, 3.63) is 71.8 Å². The quantitative estimate of drug-likeness (QED) is 0.932. The highest BCUT2D eigenvalue weighted by Gasteiger charge is 2.39. The van der Waals surface area contributed by atoms with Crippen molar-refractivity contribution in [1.29, 1.82) is 0 Å². The summed E-state index contributed by atoms with van der Waals surface area (Å²) < 4.78 is 0. The smallest absolute Gasteiger partial charge is 0.153 e. The molecule has 3 rings (SSSR count). The van der Waals surface area contributed by atoms with E-state index in [1.54, 1.807) is 0 Å². The molecule has 0 bridgehead atoms. The molecule has 0 unspecified atom stereocenters. The third-order valence-corrected chi connectivity index (χ3v) is 4.43. The number of carbonyl (C=O) groups is 1. The molecule has 1 aliphatic heterocycles. The average Bonchev–Trinajstić information content (AvgIpc) is 2.52. The van der Waals surface area contributed by atoms with E-state index in [9.17, 15) is 4.79 Å². The minimum Gasteiger partial charge on any atom is -0.310 e. The van der Waals surface area contributed by atoms with Crippen molar-refractivity contribution in [3.8, 4) is 0 Å². The maximum Gasteiger partial charge on any atom is 0.153 e. The highest BCUT2D eigenvalue weighted by molar-refractivity contribution is 5.88. The number of hydrogen-bond acceptors (Lipinski definition) is 2. The molecule has 0 saturated carbocycles. The first kappa shape index (κ1) is 14.0. The maximum atomic E-state index is 12.7. The molecule has 1 heterocycles. The second-order valence-electron chi connectivity index (χ2n) is 5.96. The van der Waals surface area contributed by atoms with Crippen LogP contribution in [0, 0.1) is 5.41 Å². The molecule has 2 aromatic carbocycles. The van der Waals surface area contributed by atoms with Gasteiger partial charge in [0.2, 0.25) is 0 Å². The standard InChI is InChI=1S/C19H21NO/c21-18-15-20-12-11-19(18,13-16-7-3-1-4-8-16)14-17-9-5-2-6-10-17/h1-10,20H,11-15H2. The van der Waals surface area contributed by atoms with Gasteiger partial charge in [-0.05, 0) is 36.9 Å². The van der Waals surface area contributed by atoms with Crippen LogP contribution in [0.4, 0.5) is 0 Å². The number of carbonyl (C=O) groups excluding carboxylic acids is 1. The molecule has 2 aromatic rings. The Kier molecular flexibility index (Phi) is 4.16. The lowest BCUT2D eigenvalue weighted by Gasteiger charge is -2.36. The summed E-state index contributed by atoms with van der Waals surface area (Å²) in [5.74, 6) is 0.349. The van der Waals surface area contributed by atoms with Crippen LogP contribution < -0.4 is 5.32 Å². The third-order valence-electron chi connectivity index (χ3n) is 4.43. The summed E-state index contributed by atoms with van der Waals surface area (Å²) >= 11 is 0. The fourth-order valence-electron chi connectivity index (χ4n) is 3.27. The van der Waals surface area contributed by atoms with Gasteiger partial charge in [0.25, 0.3) is 0 Å². The van der Waals surface area contributed by atoms with Gasteiger partial charge in [0, 0.05) is 5.41 Å². The van der Waals surface area contributed by atoms with Crippen LogP contribution in [0.15, 0.2) is 60.7 Å². The largest absolute Gasteiger partial charge is 0.310 e. The van der Waals surface area contributed by atoms with Gasteiger partial charge in [0.15, 0.2) is 5.78 Å². The summed E-state index contributed by atoms with van der Waals surface area (Å²) in [6, 6.07) is 20.8. The molecule has 1 saturated heterocycles. The molecular formula is C19H21NO. The van der Waals surface area contributed by atoms with Crippen LogP contribution in [0.2, 0.25) is 0 Å². The molecule has 2 heteroatoms. The molecule has 108 valence electrons. The highest BCUT2D eigenvalue weighted by atomic mass is 16.1. The molecule has 0 amide bonds. The van der Waals surface area contributed by atoms with E-state index in [4.69, 9.17) is 0 Å². The van der Waals surface area contributed by atoms with E-state index >= 15 is 0 Å². The molecule has 0 spiro atoms. The van der Waals surface area contributed by atoms with E-state index in [2.05, 4.69) is 53.8 Å². The summed E-state index contributed by atoms with van der Waals surface area (Å²) in [6.45, 7) is 1.42. The van der Waals surface area contributed by atoms with Crippen molar-refractivity contribution >= 4 is 5.78 Å². The second kappa shape index (κ2) is 6.23. The number of benzene rings is 2. The Morgan fingerprint density at radius 2 is 1.38 bits per heavy atom. The fraction of sp³-hybridized carbons (Fsp3) is 0.316. The van der Waals surface area contributed by atoms with E-state index in [0.29, 0.717) is 12.3 Å². The first-order valence-electron chi connectivity index (χ1n) is 7.60. The van der Waals surface area contributed by atoms with Gasteiger partial charge in [-0.3, -0.25) is 4.79 Å². The van der Waals surface area contributed by atoms with E-state index in [-0.39, 0.29) is 5.41 Å². The van der Waals surface area contributed by atoms with Crippen molar-refractivity contribution < 1.29 is 4.79 Å². The van der Waals surface area contributed by atoms with Crippen LogP contribution in [0.5, 0.6) is 0 Å². The second-order valence-corrected chi connectivity index (χ2v) is 5.96. The number of rotatable bonds is 4. The minimum atomic E-state index is -0.256. The van der Waals surface area contributed by atoms with E-state index in [1.807, 2.05) is 12.1 Å². The molecule has 1 aliphatic rings. The van der Waals surface area contributed by atoms with Gasteiger partial charge < -0.3 is 5.32 Å². The van der Waals surface area contributed by atoms with Gasteiger partial charge in [-0.1, -0.05) is 60.7 Å². The Hall–Kier alpha value is -1.93. The maximum absolute atomic E-state index is 12.7. The zero-order valence-corrected chi connectivity index (χ0v) is 12.2. The first-order valence-corrected chi connectivity index (χ1v) is 7.60. The van der Waals surface area contributed by atoms with Crippen molar-refractivity contribution in [1.82, 2.24) is 5.32 Å². The van der Waals surface area contributed by atoms with Crippen LogP contribution in [0.1, 0.15) is 17.5 Å². The molecule has 1 N–H and O–H groups in total. The molecule has 1 fully saturated rings. The number of Topliss-reactive ketones (excluding diaryl/α,β-unsaturated/α-hetero) is 1. The van der Waals surface area contributed by atoms with Gasteiger partial charge in [0.05, 0.1) is 6.54 Å². The normalized spacial score (nSPS) is 17.6. The molecular weight excluding hydrogens is 258 g/mol. The number of nitrogens with one attached hydrogen (secondary N) is 1. The predicted octanol–water partition coefficient (Wildman–Crippen LogP) is 3.02. The number of hydrogen-bond donors (Lipinski definition) is 1. The summed E-state index contributed by atoms with van der Waals surface area (Å²) in [5, 5.41) is 3.21. The number of ketones is 1. The average molecular weight is 279 g/mol. The van der Waals surface area contributed by atoms with Crippen molar-refractivity contribution in [2.45, 2.75) is 19.3 Å². The molecule has 0 radical (unpaired) electrons. The topological polar surface area (TPSA) is 29.1 Å². The Bertz CT molecular complexity index is 550. The summed E-state index contributed by atoms with van der Waals surface area (Å²) in [7, 11) is 0. The van der Waals surface area contributed by atoms with Crippen LogP contribution in [0.3, 0.4) is 0 Å². The summed E-state index contributed by atoms with van der Waals surface area (Å²) in [5.41, 5.74) is 2.25.